The monoisotopic (exact) mass is 495 g/mol. The molecule has 0 radical (unpaired) electrons. The van der Waals surface area contributed by atoms with E-state index < -0.39 is 45.2 Å². The molecule has 0 aliphatic carbocycles. The maximum atomic E-state index is 13.2. The van der Waals surface area contributed by atoms with E-state index in [1.54, 1.807) is 26.0 Å². The van der Waals surface area contributed by atoms with Crippen molar-refractivity contribution < 1.29 is 41.0 Å². The maximum absolute atomic E-state index is 13.2. The lowest BCUT2D eigenvalue weighted by Crippen LogP contribution is -2.34. The molecule has 1 unspecified atom stereocenters. The first-order valence-corrected chi connectivity index (χ1v) is 11.3. The molecular formula is C23H20F3NO6S. The first-order valence-electron chi connectivity index (χ1n) is 9.81. The molecule has 11 heteroatoms. The highest BCUT2D eigenvalue weighted by Crippen LogP contribution is 2.41. The van der Waals surface area contributed by atoms with E-state index in [1.807, 2.05) is 0 Å². The molecule has 180 valence electrons. The van der Waals surface area contributed by atoms with E-state index in [0.717, 1.165) is 18.7 Å². The van der Waals surface area contributed by atoms with Crippen molar-refractivity contribution in [1.29, 1.82) is 0 Å². The molecule has 0 bridgehead atoms. The van der Waals surface area contributed by atoms with Crippen LogP contribution in [0, 0.1) is 13.8 Å². The number of aromatic hydroxyl groups is 1. The van der Waals surface area contributed by atoms with Crippen molar-refractivity contribution in [2.24, 2.45) is 0 Å². The predicted octanol–water partition coefficient (Wildman–Crippen LogP) is 4.35. The van der Waals surface area contributed by atoms with Crippen LogP contribution in [0.2, 0.25) is 0 Å². The Hall–Kier alpha value is -3.60. The number of aryl methyl sites for hydroxylation is 2. The second kappa shape index (κ2) is 8.98. The van der Waals surface area contributed by atoms with Gasteiger partial charge in [-0.25, -0.2) is 8.42 Å². The number of methoxy groups -OCH3 is 1. The minimum Gasteiger partial charge on any atom is -0.507 e. The molecule has 3 rings (SSSR count). The van der Waals surface area contributed by atoms with E-state index in [0.29, 0.717) is 5.56 Å². The lowest BCUT2D eigenvalue weighted by molar-refractivity contribution is -0.176. The number of nitrogens with one attached hydrogen (secondary N) is 1. The summed E-state index contributed by atoms with van der Waals surface area (Å²) >= 11 is 0. The van der Waals surface area contributed by atoms with Gasteiger partial charge >= 0.3 is 12.1 Å². The van der Waals surface area contributed by atoms with Crippen molar-refractivity contribution in [3.05, 3.63) is 65.2 Å². The summed E-state index contributed by atoms with van der Waals surface area (Å²) < 4.78 is 72.7. The first-order chi connectivity index (χ1) is 15.8. The average Bonchev–Trinajstić information content (AvgIpc) is 2.75. The number of hydrogen-bond acceptors (Lipinski definition) is 6. The lowest BCUT2D eigenvalue weighted by atomic mass is 9.90. The molecule has 0 heterocycles. The number of phenolic OH excluding ortho intramolecular Hbond substituents is 1. The molecule has 0 fully saturated rings. The largest absolute Gasteiger partial charge is 0.507 e. The fourth-order valence-electron chi connectivity index (χ4n) is 3.64. The topological polar surface area (TPSA) is 110 Å². The normalized spacial score (nSPS) is 12.9. The Morgan fingerprint density at radius 2 is 1.65 bits per heavy atom. The van der Waals surface area contributed by atoms with Gasteiger partial charge in [0.1, 0.15) is 5.75 Å². The smallest absolute Gasteiger partial charge is 0.451 e. The number of carbonyl (C=O) groups is 2. The minimum absolute atomic E-state index is 0.0674. The van der Waals surface area contributed by atoms with Gasteiger partial charge in [-0.05, 0) is 31.5 Å². The van der Waals surface area contributed by atoms with E-state index in [9.17, 15) is 36.3 Å². The van der Waals surface area contributed by atoms with Gasteiger partial charge in [-0.3, -0.25) is 14.3 Å². The number of ketones is 1. The quantitative estimate of drug-likeness (QED) is 0.299. The highest BCUT2D eigenvalue weighted by molar-refractivity contribution is 7.92. The summed E-state index contributed by atoms with van der Waals surface area (Å²) in [7, 11) is -3.44. The molecule has 0 aromatic heterocycles. The molecule has 0 saturated carbocycles. The van der Waals surface area contributed by atoms with Crippen molar-refractivity contribution in [3.63, 3.8) is 0 Å². The standard InChI is InChI=1S/C23H20F3NO6S/c1-12-8-9-18(13(2)10-12)34(31,32)27-17-11-16(20(28)15-7-5-4-6-14(15)17)19(22(30)33-3)21(29)23(24,25)26/h4-11,19,27-28H,1-3H3. The van der Waals surface area contributed by atoms with Crippen LogP contribution >= 0.6 is 0 Å². The van der Waals surface area contributed by atoms with Crippen molar-refractivity contribution in [2.75, 3.05) is 11.8 Å². The number of sulfonamides is 1. The van der Waals surface area contributed by atoms with Gasteiger partial charge in [-0.1, -0.05) is 42.0 Å². The summed E-state index contributed by atoms with van der Waals surface area (Å²) in [6, 6.07) is 11.2. The summed E-state index contributed by atoms with van der Waals surface area (Å²) in [5.41, 5.74) is 0.273. The predicted molar refractivity (Wildman–Crippen MR) is 118 cm³/mol. The van der Waals surface area contributed by atoms with Gasteiger partial charge in [0.2, 0.25) is 0 Å². The van der Waals surface area contributed by atoms with E-state index in [1.165, 1.54) is 30.3 Å². The third kappa shape index (κ3) is 4.69. The maximum Gasteiger partial charge on any atom is 0.451 e. The minimum atomic E-state index is -5.42. The molecule has 34 heavy (non-hydrogen) atoms. The molecule has 0 spiro atoms. The number of halogens is 3. The van der Waals surface area contributed by atoms with Crippen LogP contribution in [0.25, 0.3) is 10.8 Å². The zero-order chi connectivity index (χ0) is 25.4. The summed E-state index contributed by atoms with van der Waals surface area (Å²) in [6.07, 6.45) is -5.42. The second-order valence-electron chi connectivity index (χ2n) is 7.60. The van der Waals surface area contributed by atoms with Crippen LogP contribution < -0.4 is 4.72 Å². The van der Waals surface area contributed by atoms with Crippen molar-refractivity contribution >= 4 is 38.2 Å². The van der Waals surface area contributed by atoms with E-state index in [2.05, 4.69) is 9.46 Å². The summed E-state index contributed by atoms with van der Waals surface area (Å²) in [4.78, 5) is 24.2. The number of benzene rings is 3. The summed E-state index contributed by atoms with van der Waals surface area (Å²) in [6.45, 7) is 3.36. The molecule has 2 N–H and O–H groups in total. The van der Waals surface area contributed by atoms with E-state index in [4.69, 9.17) is 0 Å². The highest BCUT2D eigenvalue weighted by Gasteiger charge is 2.48. The zero-order valence-electron chi connectivity index (χ0n) is 18.2. The number of rotatable bonds is 6. The van der Waals surface area contributed by atoms with Gasteiger partial charge < -0.3 is 9.84 Å². The first kappa shape index (κ1) is 25.0. The van der Waals surface area contributed by atoms with Crippen LogP contribution in [0.15, 0.2) is 53.4 Å². The van der Waals surface area contributed by atoms with Gasteiger partial charge in [0.05, 0.1) is 17.7 Å². The van der Waals surface area contributed by atoms with Crippen molar-refractivity contribution in [1.82, 2.24) is 0 Å². The van der Waals surface area contributed by atoms with Gasteiger partial charge in [0.15, 0.2) is 5.92 Å². The van der Waals surface area contributed by atoms with Gasteiger partial charge in [-0.15, -0.1) is 0 Å². The number of fused-ring (bicyclic) bond motifs is 1. The van der Waals surface area contributed by atoms with Crippen molar-refractivity contribution in [2.45, 2.75) is 30.8 Å². The number of hydrogen-bond donors (Lipinski definition) is 2. The zero-order valence-corrected chi connectivity index (χ0v) is 19.0. The molecule has 0 amide bonds. The van der Waals surface area contributed by atoms with E-state index in [-0.39, 0.29) is 21.4 Å². The van der Waals surface area contributed by atoms with Gasteiger partial charge in [0, 0.05) is 16.3 Å². The lowest BCUT2D eigenvalue weighted by Gasteiger charge is -2.20. The number of ether oxygens (including phenoxy) is 1. The number of Topliss-reactive ketones (excluding diaryl/α,β-unsaturated/α-hetero) is 1. The molecule has 3 aromatic rings. The number of anilines is 1. The van der Waals surface area contributed by atoms with Gasteiger partial charge in [0.25, 0.3) is 15.8 Å². The average molecular weight is 495 g/mol. The molecule has 0 aliphatic rings. The van der Waals surface area contributed by atoms with Crippen LogP contribution in [0.3, 0.4) is 0 Å². The Balaban J connectivity index is 2.27. The molecule has 3 aromatic carbocycles. The molecule has 0 aliphatic heterocycles. The third-order valence-electron chi connectivity index (χ3n) is 5.20. The number of alkyl halides is 3. The summed E-state index contributed by atoms with van der Waals surface area (Å²) in [5.74, 6) is -7.36. The molecule has 1 atom stereocenters. The molecule has 0 saturated heterocycles. The van der Waals surface area contributed by atoms with Crippen molar-refractivity contribution in [3.8, 4) is 5.75 Å². The number of esters is 1. The Bertz CT molecular complexity index is 1400. The second-order valence-corrected chi connectivity index (χ2v) is 9.25. The van der Waals surface area contributed by atoms with Gasteiger partial charge in [-0.2, -0.15) is 13.2 Å². The molecule has 7 nitrogen and oxygen atoms in total. The van der Waals surface area contributed by atoms with Crippen LogP contribution in [0.1, 0.15) is 22.6 Å². The van der Waals surface area contributed by atoms with Crippen LogP contribution in [0.4, 0.5) is 18.9 Å². The Morgan fingerprint density at radius 1 is 1.03 bits per heavy atom. The number of phenols is 1. The third-order valence-corrected chi connectivity index (χ3v) is 6.73. The Morgan fingerprint density at radius 3 is 2.21 bits per heavy atom. The van der Waals surface area contributed by atoms with Crippen LogP contribution in [0.5, 0.6) is 5.75 Å². The highest BCUT2D eigenvalue weighted by atomic mass is 32.2. The SMILES string of the molecule is COC(=O)C(C(=O)C(F)(F)F)c1cc(NS(=O)(=O)c2ccc(C)cc2C)c2ccccc2c1O. The molecular weight excluding hydrogens is 475 g/mol. The summed E-state index contributed by atoms with van der Waals surface area (Å²) in [5, 5.41) is 10.8. The Labute approximate surface area is 193 Å². The fraction of sp³-hybridized carbons (Fsp3) is 0.217. The van der Waals surface area contributed by atoms with Crippen LogP contribution in [-0.4, -0.2) is 38.6 Å². The Kier molecular flexibility index (Phi) is 6.61. The van der Waals surface area contributed by atoms with E-state index >= 15 is 0 Å². The van der Waals surface area contributed by atoms with Crippen LogP contribution in [-0.2, 0) is 24.3 Å². The fourth-order valence-corrected chi connectivity index (χ4v) is 4.94. The number of carbonyl (C=O) groups excluding carboxylic acids is 2.